The minimum atomic E-state index is -1.98. The Labute approximate surface area is 420 Å². The molecule has 6 unspecified atom stereocenters. The van der Waals surface area contributed by atoms with Gasteiger partial charge in [-0.1, -0.05) is 0 Å². The molecule has 1 aliphatic carbocycles. The van der Waals surface area contributed by atoms with Gasteiger partial charge in [0.1, 0.15) is 52.9 Å². The Hall–Kier alpha value is -4.83. The first-order valence-corrected chi connectivity index (χ1v) is 24.0. The van der Waals surface area contributed by atoms with E-state index in [-0.39, 0.29) is 38.8 Å². The number of hydrogen-bond acceptors (Lipinski definition) is 21. The van der Waals surface area contributed by atoms with Crippen molar-refractivity contribution in [3.63, 3.8) is 0 Å². The summed E-state index contributed by atoms with van der Waals surface area (Å²) in [6, 6.07) is -5.19. The first-order valence-electron chi connectivity index (χ1n) is 24.0. The standard InChI is InChI=1S/C46H80N6O20/c1-22(54)63-28(17-18-48-39(59)69-43(3,4)5)36(58)50-26-19-27(52-42(62)72-46(12,13)14)34(32(57)33(26)68-38-35(64-23(2)55)30(47)31(56)29(21-53)66-38)67-37-25(51-41(61)71-45(9,10)11)16-15-24(65-37)20-49-40(60)70-44(6,7)8/h24-35,37-38,53,56-57H,15-21,47H2,1-14H3,(H,48,59)(H,49,60)(H,50,58)(H,51,61)(H,52,62)/t24?,25?,26-,27-,28+,29?,30+,31-,32?,33+,34?,35?,37-,38-/m1/s1. The SMILES string of the molecule is CC(=O)OC1[C@@H](O[C@@H]2C(O)C(O[C@H]3OC(CNC(=O)OC(C)(C)C)CCC3NC(=O)OC(C)(C)C)[C@H](NC(=O)OC(C)(C)C)C[C@H]2NC(=O)[C@H](CCNC(=O)OC(C)(C)C)OC(C)=O)OC(CO)[C@@H](O)[C@@H]1N. The molecule has 0 aromatic rings. The van der Waals surface area contributed by atoms with Crippen molar-refractivity contribution in [3.8, 4) is 0 Å². The Bertz CT molecular complexity index is 1850. The van der Waals surface area contributed by atoms with Gasteiger partial charge in [0.25, 0.3) is 5.91 Å². The van der Waals surface area contributed by atoms with E-state index >= 15 is 0 Å². The van der Waals surface area contributed by atoms with Crippen LogP contribution in [-0.2, 0) is 61.8 Å². The molecule has 3 fully saturated rings. The van der Waals surface area contributed by atoms with E-state index in [4.69, 9.17) is 53.1 Å². The van der Waals surface area contributed by atoms with Crippen LogP contribution in [0.3, 0.4) is 0 Å². The monoisotopic (exact) mass is 1040 g/mol. The highest BCUT2D eigenvalue weighted by atomic mass is 16.7. The molecule has 72 heavy (non-hydrogen) atoms. The van der Waals surface area contributed by atoms with Crippen LogP contribution in [0.2, 0.25) is 0 Å². The predicted octanol–water partition coefficient (Wildman–Crippen LogP) is 1.01. The molecule has 0 spiro atoms. The van der Waals surface area contributed by atoms with E-state index in [0.717, 1.165) is 13.8 Å². The number of carbonyl (C=O) groups is 7. The highest BCUT2D eigenvalue weighted by Gasteiger charge is 2.54. The quantitative estimate of drug-likeness (QED) is 0.0769. The zero-order chi connectivity index (χ0) is 54.7. The fourth-order valence-corrected chi connectivity index (χ4v) is 7.73. The molecule has 26 nitrogen and oxygen atoms in total. The van der Waals surface area contributed by atoms with Crippen LogP contribution < -0.4 is 32.3 Å². The number of carbonyl (C=O) groups excluding carboxylic acids is 7. The molecule has 0 aromatic carbocycles. The van der Waals surface area contributed by atoms with E-state index in [2.05, 4.69) is 26.6 Å². The second-order valence-electron chi connectivity index (χ2n) is 21.8. The smallest absolute Gasteiger partial charge is 0.408 e. The van der Waals surface area contributed by atoms with Crippen LogP contribution in [0.25, 0.3) is 0 Å². The van der Waals surface area contributed by atoms with Crippen LogP contribution in [0.5, 0.6) is 0 Å². The summed E-state index contributed by atoms with van der Waals surface area (Å²) in [4.78, 5) is 91.0. The Morgan fingerprint density at radius 2 is 1.10 bits per heavy atom. The molecule has 0 radical (unpaired) electrons. The normalized spacial score (nSPS) is 29.5. The molecule has 26 heteroatoms. The second-order valence-corrected chi connectivity index (χ2v) is 21.8. The van der Waals surface area contributed by atoms with E-state index in [1.807, 2.05) is 0 Å². The Balaban J connectivity index is 2.17. The fourth-order valence-electron chi connectivity index (χ4n) is 7.73. The zero-order valence-electron chi connectivity index (χ0n) is 43.9. The van der Waals surface area contributed by atoms with Crippen molar-refractivity contribution in [2.24, 2.45) is 5.73 Å². The summed E-state index contributed by atoms with van der Waals surface area (Å²) in [6.45, 7) is 20.8. The van der Waals surface area contributed by atoms with Gasteiger partial charge < -0.3 is 95.0 Å². The van der Waals surface area contributed by atoms with Crippen molar-refractivity contribution in [1.29, 1.82) is 0 Å². The Morgan fingerprint density at radius 1 is 0.611 bits per heavy atom. The van der Waals surface area contributed by atoms with E-state index in [9.17, 15) is 48.9 Å². The second kappa shape index (κ2) is 25.9. The number of esters is 2. The Kier molecular flexibility index (Phi) is 22.1. The molecule has 3 aliphatic rings. The molecule has 3 rings (SSSR count). The lowest BCUT2D eigenvalue weighted by molar-refractivity contribution is -0.316. The largest absolute Gasteiger partial charge is 0.455 e. The molecule has 0 aromatic heterocycles. The summed E-state index contributed by atoms with van der Waals surface area (Å²) in [5.74, 6) is -2.71. The average Bonchev–Trinajstić information content (AvgIpc) is 3.19. The lowest BCUT2D eigenvalue weighted by atomic mass is 9.83. The lowest BCUT2D eigenvalue weighted by Crippen LogP contribution is -2.70. The van der Waals surface area contributed by atoms with Crippen LogP contribution in [0.15, 0.2) is 0 Å². The number of rotatable bonds is 16. The van der Waals surface area contributed by atoms with Gasteiger partial charge in [-0.15, -0.1) is 0 Å². The number of aliphatic hydroxyl groups is 3. The number of nitrogens with one attached hydrogen (secondary N) is 5. The van der Waals surface area contributed by atoms with Crippen LogP contribution in [0, 0.1) is 0 Å². The number of alkyl carbamates (subject to hydrolysis) is 4. The molecule has 0 bridgehead atoms. The number of hydrogen-bond donors (Lipinski definition) is 9. The molecule has 2 heterocycles. The first-order chi connectivity index (χ1) is 33.0. The van der Waals surface area contributed by atoms with Gasteiger partial charge in [-0.25, -0.2) is 19.2 Å². The van der Waals surface area contributed by atoms with Crippen LogP contribution in [0.1, 0.15) is 123 Å². The van der Waals surface area contributed by atoms with E-state index in [1.54, 1.807) is 83.1 Å². The summed E-state index contributed by atoms with van der Waals surface area (Å²) < 4.78 is 57.8. The maximum Gasteiger partial charge on any atom is 0.408 e. The summed E-state index contributed by atoms with van der Waals surface area (Å²) in [5.41, 5.74) is 2.68. The molecule has 1 saturated carbocycles. The Morgan fingerprint density at radius 3 is 1.60 bits per heavy atom. The minimum Gasteiger partial charge on any atom is -0.455 e. The molecule has 10 N–H and O–H groups in total. The van der Waals surface area contributed by atoms with Gasteiger partial charge in [-0.05, 0) is 102 Å². The molecule has 14 atom stereocenters. The van der Waals surface area contributed by atoms with Crippen LogP contribution >= 0.6 is 0 Å². The van der Waals surface area contributed by atoms with Gasteiger partial charge >= 0.3 is 36.3 Å². The molecular formula is C46H80N6O20. The number of aliphatic hydroxyl groups excluding tert-OH is 3. The maximum atomic E-state index is 14.3. The van der Waals surface area contributed by atoms with E-state index < -0.39 is 157 Å². The zero-order valence-corrected chi connectivity index (χ0v) is 43.9. The topological polar surface area (TPSA) is 359 Å². The van der Waals surface area contributed by atoms with Crippen molar-refractivity contribution >= 4 is 42.2 Å². The van der Waals surface area contributed by atoms with Crippen molar-refractivity contribution in [3.05, 3.63) is 0 Å². The first kappa shape index (κ1) is 61.5. The maximum absolute atomic E-state index is 14.3. The molecule has 414 valence electrons. The summed E-state index contributed by atoms with van der Waals surface area (Å²) in [6.07, 6.45) is -19.1. The summed E-state index contributed by atoms with van der Waals surface area (Å²) in [7, 11) is 0. The highest BCUT2D eigenvalue weighted by molar-refractivity contribution is 5.83. The van der Waals surface area contributed by atoms with Crippen LogP contribution in [0.4, 0.5) is 19.2 Å². The number of amides is 5. The summed E-state index contributed by atoms with van der Waals surface area (Å²) >= 11 is 0. The third-order valence-corrected chi connectivity index (χ3v) is 10.5. The minimum absolute atomic E-state index is 0.0912. The van der Waals surface area contributed by atoms with Gasteiger partial charge in [0.2, 0.25) is 0 Å². The van der Waals surface area contributed by atoms with Gasteiger partial charge in [0.05, 0.1) is 36.9 Å². The van der Waals surface area contributed by atoms with Crippen molar-refractivity contribution in [2.75, 3.05) is 19.7 Å². The third kappa shape index (κ3) is 21.0. The molecule has 2 aliphatic heterocycles. The molecular weight excluding hydrogens is 957 g/mol. The number of nitrogens with two attached hydrogens (primary N) is 1. The average molecular weight is 1040 g/mol. The van der Waals surface area contributed by atoms with Crippen molar-refractivity contribution < 1.29 is 96.2 Å². The van der Waals surface area contributed by atoms with Crippen LogP contribution in [-0.4, -0.2) is 185 Å². The van der Waals surface area contributed by atoms with Gasteiger partial charge in [-0.2, -0.15) is 0 Å². The van der Waals surface area contributed by atoms with Gasteiger partial charge in [-0.3, -0.25) is 14.4 Å². The van der Waals surface area contributed by atoms with Crippen molar-refractivity contribution in [2.45, 2.75) is 231 Å². The lowest BCUT2D eigenvalue weighted by Gasteiger charge is -2.49. The predicted molar refractivity (Wildman–Crippen MR) is 250 cm³/mol. The van der Waals surface area contributed by atoms with Gasteiger partial charge in [0.15, 0.2) is 24.8 Å². The molecule has 2 saturated heterocycles. The number of ether oxygens (including phenoxy) is 10. The third-order valence-electron chi connectivity index (χ3n) is 10.5. The highest BCUT2D eigenvalue weighted by Crippen LogP contribution is 2.34. The fraction of sp³-hybridized carbons (Fsp3) is 0.848. The summed E-state index contributed by atoms with van der Waals surface area (Å²) in [5, 5.41) is 47.0. The van der Waals surface area contributed by atoms with Crippen molar-refractivity contribution in [1.82, 2.24) is 26.6 Å². The van der Waals surface area contributed by atoms with E-state index in [0.29, 0.717) is 0 Å². The van der Waals surface area contributed by atoms with Gasteiger partial charge in [0, 0.05) is 33.4 Å². The molecule has 5 amide bonds. The van der Waals surface area contributed by atoms with E-state index in [1.165, 1.54) is 0 Å².